The van der Waals surface area contributed by atoms with Crippen LogP contribution in [-0.2, 0) is 13.1 Å². The van der Waals surface area contributed by atoms with Gasteiger partial charge in [0.2, 0.25) is 22.8 Å². The Hall–Kier alpha value is -6.22. The average molecular weight is 787 g/mol. The van der Waals surface area contributed by atoms with Gasteiger partial charge in [-0.2, -0.15) is 9.13 Å². The molecular formula is C51H58N6O2+4. The number of quaternary nitrogens is 2. The van der Waals surface area contributed by atoms with E-state index in [0.29, 0.717) is 0 Å². The Morgan fingerprint density at radius 3 is 1.36 bits per heavy atom. The standard InChI is InChI=1S/C51H58N6O2/c1-52-46-24-11-13-26-48(46)58-50(52)38-40-28-32-54(44-22-9-7-20-42(40)44)30-15-17-34-56(3,4)36-19-37-57(5,6)35-18-16-31-55-33-29-41(43-21-8-10-23-45(43)55)39-51-53(2)47-25-12-14-27-49(47)59-51/h7-18,20-29,32-33,38-39H,19,30-31,34-37H2,1-6H3/q+4/b17-15+,18-16+. The third-order valence-electron chi connectivity index (χ3n) is 11.7. The molecule has 0 radical (unpaired) electrons. The predicted molar refractivity (Wildman–Crippen MR) is 242 cm³/mol. The summed E-state index contributed by atoms with van der Waals surface area (Å²) in [5.74, 6) is 3.46. The summed E-state index contributed by atoms with van der Waals surface area (Å²) < 4.78 is 19.0. The van der Waals surface area contributed by atoms with Gasteiger partial charge in [-0.1, -0.05) is 48.5 Å². The van der Waals surface area contributed by atoms with Gasteiger partial charge in [0.25, 0.3) is 0 Å². The fraction of sp³-hybridized carbons (Fsp3) is 0.255. The molecule has 0 amide bonds. The first-order valence-electron chi connectivity index (χ1n) is 20.8. The number of aromatic nitrogens is 2. The van der Waals surface area contributed by atoms with Crippen LogP contribution in [0.1, 0.15) is 17.5 Å². The lowest BCUT2D eigenvalue weighted by Gasteiger charge is -2.32. The van der Waals surface area contributed by atoms with Gasteiger partial charge in [0.05, 0.1) is 76.5 Å². The smallest absolute Gasteiger partial charge is 0.213 e. The van der Waals surface area contributed by atoms with Crippen LogP contribution in [0.4, 0.5) is 11.4 Å². The summed E-state index contributed by atoms with van der Waals surface area (Å²) in [4.78, 5) is 4.22. The minimum atomic E-state index is 0.827. The monoisotopic (exact) mass is 786 g/mol. The number of nitrogens with zero attached hydrogens (tertiary/aromatic N) is 6. The normalized spacial score (nSPS) is 15.6. The van der Waals surface area contributed by atoms with E-state index in [-0.39, 0.29) is 0 Å². The first kappa shape index (κ1) is 39.6. The van der Waals surface area contributed by atoms with Gasteiger partial charge in [0, 0.05) is 56.9 Å². The molecule has 4 aromatic carbocycles. The molecule has 300 valence electrons. The molecule has 6 aromatic rings. The zero-order valence-corrected chi connectivity index (χ0v) is 35.5. The largest absolute Gasteiger partial charge is 0.439 e. The van der Waals surface area contributed by atoms with E-state index in [1.54, 1.807) is 0 Å². The number of allylic oxidation sites excluding steroid dienone is 2. The summed E-state index contributed by atoms with van der Waals surface area (Å²) in [7, 11) is 13.5. The van der Waals surface area contributed by atoms with Gasteiger partial charge in [-0.25, -0.2) is 0 Å². The van der Waals surface area contributed by atoms with Gasteiger partial charge in [-0.3, -0.25) is 0 Å². The Labute approximate surface area is 349 Å². The maximum atomic E-state index is 6.19. The van der Waals surface area contributed by atoms with Crippen LogP contribution in [-0.4, -0.2) is 77.4 Å². The molecule has 8 rings (SSSR count). The van der Waals surface area contributed by atoms with Crippen LogP contribution in [0.15, 0.2) is 158 Å². The van der Waals surface area contributed by atoms with Gasteiger partial charge in [0.1, 0.15) is 0 Å². The molecular weight excluding hydrogens is 729 g/mol. The fourth-order valence-corrected chi connectivity index (χ4v) is 8.15. The first-order chi connectivity index (χ1) is 28.6. The number of ether oxygens (including phenoxy) is 2. The lowest BCUT2D eigenvalue weighted by Crippen LogP contribution is -2.45. The van der Waals surface area contributed by atoms with E-state index in [2.05, 4.69) is 183 Å². The summed E-state index contributed by atoms with van der Waals surface area (Å²) in [6.45, 7) is 5.91. The predicted octanol–water partition coefficient (Wildman–Crippen LogP) is 8.58. The molecule has 59 heavy (non-hydrogen) atoms. The third kappa shape index (κ3) is 8.94. The van der Waals surface area contributed by atoms with Crippen LogP contribution >= 0.6 is 0 Å². The number of benzene rings is 4. The van der Waals surface area contributed by atoms with Gasteiger partial charge in [-0.05, 0) is 71.8 Å². The molecule has 0 N–H and O–H groups in total. The van der Waals surface area contributed by atoms with Crippen molar-refractivity contribution in [3.8, 4) is 11.5 Å². The number of hydrogen-bond donors (Lipinski definition) is 0. The van der Waals surface area contributed by atoms with E-state index in [0.717, 1.165) is 94.0 Å². The van der Waals surface area contributed by atoms with Gasteiger partial charge >= 0.3 is 0 Å². The molecule has 2 aliphatic rings. The maximum Gasteiger partial charge on any atom is 0.213 e. The molecule has 0 atom stereocenters. The number of para-hydroxylation sites is 6. The van der Waals surface area contributed by atoms with E-state index < -0.39 is 0 Å². The fourth-order valence-electron chi connectivity index (χ4n) is 8.15. The Bertz CT molecular complexity index is 2420. The van der Waals surface area contributed by atoms with E-state index in [1.165, 1.54) is 28.2 Å². The van der Waals surface area contributed by atoms with Crippen molar-refractivity contribution in [2.24, 2.45) is 0 Å². The van der Waals surface area contributed by atoms with Crippen molar-refractivity contribution < 1.29 is 27.6 Å². The number of likely N-dealkylation sites (N-methyl/N-ethyl adjacent to an activating group) is 2. The summed E-state index contributed by atoms with van der Waals surface area (Å²) >= 11 is 0. The first-order valence-corrected chi connectivity index (χ1v) is 20.8. The van der Waals surface area contributed by atoms with Crippen LogP contribution in [0.3, 0.4) is 0 Å². The zero-order valence-electron chi connectivity index (χ0n) is 35.5. The van der Waals surface area contributed by atoms with Crippen molar-refractivity contribution >= 4 is 45.3 Å². The van der Waals surface area contributed by atoms with E-state index in [9.17, 15) is 0 Å². The quantitative estimate of drug-likeness (QED) is 0.0630. The van der Waals surface area contributed by atoms with E-state index >= 15 is 0 Å². The number of hydrogen-bond acceptors (Lipinski definition) is 4. The Kier molecular flexibility index (Phi) is 11.4. The number of anilines is 2. The number of fused-ring (bicyclic) bond motifs is 4. The lowest BCUT2D eigenvalue weighted by atomic mass is 10.1. The highest BCUT2D eigenvalue weighted by atomic mass is 16.5. The second kappa shape index (κ2) is 16.9. The molecule has 0 aliphatic carbocycles. The van der Waals surface area contributed by atoms with Crippen LogP contribution in [0.25, 0.3) is 34.0 Å². The van der Waals surface area contributed by atoms with Gasteiger partial charge < -0.3 is 28.2 Å². The average Bonchev–Trinajstić information content (AvgIpc) is 3.73. The summed E-state index contributed by atoms with van der Waals surface area (Å²) in [6.07, 6.45) is 19.2. The summed E-state index contributed by atoms with van der Waals surface area (Å²) in [6, 6.07) is 38.0. The molecule has 0 saturated carbocycles. The highest BCUT2D eigenvalue weighted by molar-refractivity contribution is 5.88. The maximum absolute atomic E-state index is 6.19. The van der Waals surface area contributed by atoms with Crippen LogP contribution in [0, 0.1) is 0 Å². The van der Waals surface area contributed by atoms with Gasteiger partial charge in [0.15, 0.2) is 37.0 Å². The molecule has 2 aromatic heterocycles. The molecule has 8 nitrogen and oxygen atoms in total. The lowest BCUT2D eigenvalue weighted by molar-refractivity contribution is -0.903. The molecule has 0 unspecified atom stereocenters. The van der Waals surface area contributed by atoms with Crippen molar-refractivity contribution in [2.45, 2.75) is 19.5 Å². The molecule has 4 heterocycles. The van der Waals surface area contributed by atoms with Crippen molar-refractivity contribution in [3.05, 3.63) is 169 Å². The van der Waals surface area contributed by atoms with Crippen molar-refractivity contribution in [1.29, 1.82) is 0 Å². The number of pyridine rings is 2. The molecule has 2 aliphatic heterocycles. The Morgan fingerprint density at radius 2 is 0.915 bits per heavy atom. The highest BCUT2D eigenvalue weighted by Gasteiger charge is 2.25. The van der Waals surface area contributed by atoms with E-state index in [4.69, 9.17) is 9.47 Å². The van der Waals surface area contributed by atoms with Gasteiger partial charge in [-0.15, -0.1) is 0 Å². The third-order valence-corrected chi connectivity index (χ3v) is 11.7. The molecule has 0 spiro atoms. The topological polar surface area (TPSA) is 32.7 Å². The minimum absolute atomic E-state index is 0.827. The van der Waals surface area contributed by atoms with Crippen LogP contribution in [0.2, 0.25) is 0 Å². The van der Waals surface area contributed by atoms with Crippen molar-refractivity contribution in [2.75, 3.05) is 78.3 Å². The van der Waals surface area contributed by atoms with Crippen molar-refractivity contribution in [1.82, 2.24) is 0 Å². The summed E-state index contributed by atoms with van der Waals surface area (Å²) in [5, 5.41) is 2.42. The molecule has 0 bridgehead atoms. The van der Waals surface area contributed by atoms with Crippen LogP contribution in [0.5, 0.6) is 11.5 Å². The molecule has 0 saturated heterocycles. The second-order valence-electron chi connectivity index (χ2n) is 17.1. The van der Waals surface area contributed by atoms with Crippen LogP contribution < -0.4 is 28.4 Å². The van der Waals surface area contributed by atoms with E-state index in [1.807, 2.05) is 36.4 Å². The highest BCUT2D eigenvalue weighted by Crippen LogP contribution is 2.39. The second-order valence-corrected chi connectivity index (χ2v) is 17.1. The zero-order chi connectivity index (χ0) is 41.0. The number of rotatable bonds is 14. The van der Waals surface area contributed by atoms with Crippen molar-refractivity contribution in [3.63, 3.8) is 0 Å². The summed E-state index contributed by atoms with van der Waals surface area (Å²) in [5.41, 5.74) is 6.88. The molecule has 8 heteroatoms. The Balaban J connectivity index is 0.817. The Morgan fingerprint density at radius 1 is 0.508 bits per heavy atom. The minimum Gasteiger partial charge on any atom is -0.439 e. The molecule has 0 fully saturated rings. The SMILES string of the molecule is CN1/C(=C/c2cc[n+](C/C=C/C[N+](C)(C)CCC[N+](C)(C)C/C=C/C[n+]3ccc(/C=C4/Oc5ccccc5N4C)c4ccccc43)c3ccccc23)Oc2ccccc21.